The van der Waals surface area contributed by atoms with E-state index < -0.39 is 0 Å². The van der Waals surface area contributed by atoms with Crippen molar-refractivity contribution in [3.8, 4) is 0 Å². The fourth-order valence-corrected chi connectivity index (χ4v) is 0.181. The number of nitrogens with one attached hydrogen (secondary N) is 3. The molecule has 0 aliphatic heterocycles. The largest absolute Gasteiger partial charge is 0.306 e. The lowest BCUT2D eigenvalue weighted by Crippen LogP contribution is -2.36. The van der Waals surface area contributed by atoms with Gasteiger partial charge in [0.25, 0.3) is 0 Å². The third-order valence-electron chi connectivity index (χ3n) is 0.426. The van der Waals surface area contributed by atoms with Crippen LogP contribution in [-0.2, 0) is 4.79 Å². The van der Waals surface area contributed by atoms with Gasteiger partial charge in [0.05, 0.1) is 6.67 Å². The molecule has 0 bridgehead atoms. The van der Waals surface area contributed by atoms with E-state index in [1.54, 1.807) is 7.05 Å². The summed E-state index contributed by atoms with van der Waals surface area (Å²) in [5, 5.41) is 2.77. The van der Waals surface area contributed by atoms with E-state index in [-0.39, 0.29) is 0 Å². The molecule has 42 valence electrons. The van der Waals surface area contributed by atoms with E-state index in [1.807, 2.05) is 0 Å². The third-order valence-corrected chi connectivity index (χ3v) is 0.426. The van der Waals surface area contributed by atoms with E-state index in [9.17, 15) is 4.79 Å². The van der Waals surface area contributed by atoms with Crippen LogP contribution in [0.25, 0.3) is 0 Å². The maximum atomic E-state index is 9.48. The molecule has 0 aromatic rings. The molecule has 7 heavy (non-hydrogen) atoms. The molecule has 0 atom stereocenters. The molecule has 0 spiro atoms. The van der Waals surface area contributed by atoms with Crippen LogP contribution in [0.2, 0.25) is 0 Å². The van der Waals surface area contributed by atoms with Crippen molar-refractivity contribution in [2.45, 2.75) is 0 Å². The Labute approximate surface area is 42.3 Å². The molecule has 0 saturated heterocycles. The van der Waals surface area contributed by atoms with Crippen LogP contribution in [0.1, 0.15) is 0 Å². The monoisotopic (exact) mass is 103 g/mol. The third kappa shape index (κ3) is 5.39. The standard InChI is InChI=1S/C3H9N3O/c1-4-2-5-6-3-7/h3-5H,2H2,1H3,(H,6,7). The minimum absolute atomic E-state index is 0.581. The molecule has 4 nitrogen and oxygen atoms in total. The summed E-state index contributed by atoms with van der Waals surface area (Å²) in [5.41, 5.74) is 4.81. The molecule has 0 saturated carbocycles. The van der Waals surface area contributed by atoms with Crippen molar-refractivity contribution in [2.75, 3.05) is 13.7 Å². The van der Waals surface area contributed by atoms with Crippen LogP contribution in [0.15, 0.2) is 0 Å². The Hall–Kier alpha value is -0.610. The zero-order chi connectivity index (χ0) is 5.54. The SMILES string of the molecule is CNCNNC=O. The Bertz CT molecular complexity index is 47.4. The first-order chi connectivity index (χ1) is 3.41. The van der Waals surface area contributed by atoms with E-state index in [0.717, 1.165) is 0 Å². The highest BCUT2D eigenvalue weighted by atomic mass is 16.1. The molecular weight excluding hydrogens is 94.1 g/mol. The van der Waals surface area contributed by atoms with Crippen molar-refractivity contribution in [1.82, 2.24) is 16.2 Å². The molecule has 0 heterocycles. The maximum absolute atomic E-state index is 9.48. The summed E-state index contributed by atoms with van der Waals surface area (Å²) in [6.45, 7) is 0.582. The molecule has 3 N–H and O–H groups in total. The summed E-state index contributed by atoms with van der Waals surface area (Å²) < 4.78 is 0. The Balaban J connectivity index is 2.56. The summed E-state index contributed by atoms with van der Waals surface area (Å²) in [6.07, 6.45) is 0.581. The number of carbonyl (C=O) groups excluding carboxylic acids is 1. The van der Waals surface area contributed by atoms with E-state index in [4.69, 9.17) is 0 Å². The molecule has 0 rings (SSSR count). The van der Waals surface area contributed by atoms with Gasteiger partial charge in [0.15, 0.2) is 0 Å². The average Bonchev–Trinajstić information content (AvgIpc) is 1.69. The van der Waals surface area contributed by atoms with Gasteiger partial charge in [-0.3, -0.25) is 10.2 Å². The van der Waals surface area contributed by atoms with Crippen molar-refractivity contribution in [1.29, 1.82) is 0 Å². The fraction of sp³-hybridized carbons (Fsp3) is 0.667. The average molecular weight is 103 g/mol. The van der Waals surface area contributed by atoms with Gasteiger partial charge in [-0.05, 0) is 7.05 Å². The molecule has 4 heteroatoms. The zero-order valence-corrected chi connectivity index (χ0v) is 4.19. The number of hydrogen-bond acceptors (Lipinski definition) is 3. The summed E-state index contributed by atoms with van der Waals surface area (Å²) >= 11 is 0. The van der Waals surface area contributed by atoms with Gasteiger partial charge >= 0.3 is 0 Å². The highest BCUT2D eigenvalue weighted by Crippen LogP contribution is 1.33. The summed E-state index contributed by atoms with van der Waals surface area (Å²) in [4.78, 5) is 9.48. The number of carbonyl (C=O) groups is 1. The van der Waals surface area contributed by atoms with Gasteiger partial charge in [0, 0.05) is 0 Å². The molecule has 0 aromatic heterocycles. The van der Waals surface area contributed by atoms with Crippen LogP contribution in [0.5, 0.6) is 0 Å². The lowest BCUT2D eigenvalue weighted by Gasteiger charge is -1.96. The minimum atomic E-state index is 0.581. The highest BCUT2D eigenvalue weighted by molar-refractivity contribution is 5.44. The van der Waals surface area contributed by atoms with E-state index in [0.29, 0.717) is 13.1 Å². The maximum Gasteiger partial charge on any atom is 0.221 e. The Kier molecular flexibility index (Phi) is 4.92. The minimum Gasteiger partial charge on any atom is -0.306 e. The van der Waals surface area contributed by atoms with E-state index >= 15 is 0 Å². The number of amides is 1. The van der Waals surface area contributed by atoms with Gasteiger partial charge < -0.3 is 5.32 Å². The van der Waals surface area contributed by atoms with Gasteiger partial charge in [-0.15, -0.1) is 0 Å². The van der Waals surface area contributed by atoms with Crippen LogP contribution in [0, 0.1) is 0 Å². The molecular formula is C3H9N3O. The van der Waals surface area contributed by atoms with Gasteiger partial charge in [0.2, 0.25) is 6.41 Å². The van der Waals surface area contributed by atoms with Crippen molar-refractivity contribution in [2.24, 2.45) is 0 Å². The van der Waals surface area contributed by atoms with Gasteiger partial charge in [-0.2, -0.15) is 0 Å². The summed E-state index contributed by atoms with van der Waals surface area (Å²) in [6, 6.07) is 0. The van der Waals surface area contributed by atoms with Crippen LogP contribution in [-0.4, -0.2) is 20.1 Å². The zero-order valence-electron chi connectivity index (χ0n) is 4.19. The van der Waals surface area contributed by atoms with Crippen molar-refractivity contribution >= 4 is 6.41 Å². The molecule has 0 fully saturated rings. The molecule has 0 unspecified atom stereocenters. The van der Waals surface area contributed by atoms with Crippen LogP contribution in [0.4, 0.5) is 0 Å². The first kappa shape index (κ1) is 6.39. The van der Waals surface area contributed by atoms with Gasteiger partial charge in [0.1, 0.15) is 0 Å². The number of hydrazine groups is 1. The predicted molar refractivity (Wildman–Crippen MR) is 26.3 cm³/mol. The molecule has 0 aliphatic carbocycles. The molecule has 0 radical (unpaired) electrons. The first-order valence-corrected chi connectivity index (χ1v) is 1.98. The lowest BCUT2D eigenvalue weighted by atomic mass is 11.1. The fourth-order valence-electron chi connectivity index (χ4n) is 0.181. The smallest absolute Gasteiger partial charge is 0.221 e. The highest BCUT2D eigenvalue weighted by Gasteiger charge is 1.70. The Morgan fingerprint density at radius 3 is 2.86 bits per heavy atom. The number of rotatable bonds is 4. The topological polar surface area (TPSA) is 53.2 Å². The van der Waals surface area contributed by atoms with E-state index in [2.05, 4.69) is 16.2 Å². The van der Waals surface area contributed by atoms with Crippen molar-refractivity contribution < 1.29 is 4.79 Å². The van der Waals surface area contributed by atoms with Crippen LogP contribution in [0.3, 0.4) is 0 Å². The second-order valence-corrected chi connectivity index (χ2v) is 0.969. The Morgan fingerprint density at radius 1 is 1.71 bits per heavy atom. The van der Waals surface area contributed by atoms with Gasteiger partial charge in [-0.1, -0.05) is 0 Å². The predicted octanol–water partition coefficient (Wildman–Crippen LogP) is -1.59. The van der Waals surface area contributed by atoms with Crippen LogP contribution < -0.4 is 16.2 Å². The Morgan fingerprint density at radius 2 is 2.43 bits per heavy atom. The molecule has 1 amide bonds. The second-order valence-electron chi connectivity index (χ2n) is 0.969. The van der Waals surface area contributed by atoms with Crippen molar-refractivity contribution in [3.05, 3.63) is 0 Å². The summed E-state index contributed by atoms with van der Waals surface area (Å²) in [7, 11) is 1.78. The first-order valence-electron chi connectivity index (χ1n) is 1.98. The molecule has 0 aromatic carbocycles. The van der Waals surface area contributed by atoms with Crippen LogP contribution >= 0.6 is 0 Å². The van der Waals surface area contributed by atoms with Gasteiger partial charge in [-0.25, -0.2) is 5.43 Å². The quantitative estimate of drug-likeness (QED) is 0.174. The normalized spacial score (nSPS) is 8.14. The molecule has 0 aliphatic rings. The second kappa shape index (κ2) is 5.39. The lowest BCUT2D eigenvalue weighted by molar-refractivity contribution is -0.110. The summed E-state index contributed by atoms with van der Waals surface area (Å²) in [5.74, 6) is 0. The number of hydrogen-bond donors (Lipinski definition) is 3. The van der Waals surface area contributed by atoms with Crippen molar-refractivity contribution in [3.63, 3.8) is 0 Å². The van der Waals surface area contributed by atoms with E-state index in [1.165, 1.54) is 0 Å².